The summed E-state index contributed by atoms with van der Waals surface area (Å²) in [5.74, 6) is 0.915. The van der Waals surface area contributed by atoms with Crippen molar-refractivity contribution >= 4 is 21.9 Å². The number of hydrogen-bond donors (Lipinski definition) is 0. The highest BCUT2D eigenvalue weighted by Gasteiger charge is 2.17. The second-order valence-electron chi connectivity index (χ2n) is 4.25. The van der Waals surface area contributed by atoms with E-state index >= 15 is 0 Å². The van der Waals surface area contributed by atoms with Crippen LogP contribution in [0.5, 0.6) is 11.5 Å². The van der Waals surface area contributed by atoms with Crippen molar-refractivity contribution < 1.29 is 19.0 Å². The summed E-state index contributed by atoms with van der Waals surface area (Å²) in [6.07, 6.45) is 0. The number of ether oxygens (including phenoxy) is 3. The molecule has 0 fully saturated rings. The molecule has 2 aromatic carbocycles. The Morgan fingerprint density at radius 3 is 2.29 bits per heavy atom. The van der Waals surface area contributed by atoms with Crippen LogP contribution in [0.4, 0.5) is 0 Å². The number of hydrogen-bond acceptors (Lipinski definition) is 4. The maximum atomic E-state index is 12.0. The molecule has 0 saturated heterocycles. The van der Waals surface area contributed by atoms with E-state index in [4.69, 9.17) is 14.2 Å². The van der Waals surface area contributed by atoms with Gasteiger partial charge in [-0.1, -0.05) is 22.0 Å². The summed E-state index contributed by atoms with van der Waals surface area (Å²) in [5, 5.41) is 0. The Kier molecular flexibility index (Phi) is 4.85. The summed E-state index contributed by atoms with van der Waals surface area (Å²) >= 11 is 3.37. The Morgan fingerprint density at radius 1 is 0.952 bits per heavy atom. The van der Waals surface area contributed by atoms with Crippen LogP contribution in [-0.2, 0) is 4.74 Å². The normalized spacial score (nSPS) is 10.1. The van der Waals surface area contributed by atoms with Crippen LogP contribution in [0.15, 0.2) is 40.9 Å². The third-order valence-corrected chi connectivity index (χ3v) is 3.58. The highest BCUT2D eigenvalue weighted by molar-refractivity contribution is 9.10. The monoisotopic (exact) mass is 350 g/mol. The third-order valence-electron chi connectivity index (χ3n) is 3.09. The number of rotatable bonds is 4. The molecule has 0 aromatic heterocycles. The van der Waals surface area contributed by atoms with E-state index in [1.54, 1.807) is 26.4 Å². The zero-order valence-corrected chi connectivity index (χ0v) is 13.6. The Hall–Kier alpha value is -2.01. The molecular formula is C16H15BrO4. The fraction of sp³-hybridized carbons (Fsp3) is 0.188. The summed E-state index contributed by atoms with van der Waals surface area (Å²) in [6, 6.07) is 10.9. The first-order valence-corrected chi connectivity index (χ1v) is 7.00. The van der Waals surface area contributed by atoms with E-state index in [2.05, 4.69) is 15.9 Å². The van der Waals surface area contributed by atoms with Gasteiger partial charge in [-0.05, 0) is 29.8 Å². The first-order valence-electron chi connectivity index (χ1n) is 6.21. The van der Waals surface area contributed by atoms with Gasteiger partial charge >= 0.3 is 5.97 Å². The summed E-state index contributed by atoms with van der Waals surface area (Å²) < 4.78 is 16.2. The maximum Gasteiger partial charge on any atom is 0.338 e. The molecule has 0 unspecified atom stereocenters. The van der Waals surface area contributed by atoms with Crippen LogP contribution in [0.1, 0.15) is 10.4 Å². The minimum absolute atomic E-state index is 0.399. The molecule has 0 heterocycles. The average Bonchev–Trinajstić information content (AvgIpc) is 2.53. The number of esters is 1. The van der Waals surface area contributed by atoms with Gasteiger partial charge in [0.05, 0.1) is 26.9 Å². The fourth-order valence-corrected chi connectivity index (χ4v) is 2.41. The van der Waals surface area contributed by atoms with Gasteiger partial charge in [-0.25, -0.2) is 4.79 Å². The maximum absolute atomic E-state index is 12.0. The van der Waals surface area contributed by atoms with Gasteiger partial charge in [-0.2, -0.15) is 0 Å². The van der Waals surface area contributed by atoms with Gasteiger partial charge in [-0.3, -0.25) is 0 Å². The predicted octanol–water partition coefficient (Wildman–Crippen LogP) is 3.92. The van der Waals surface area contributed by atoms with Gasteiger partial charge in [0.2, 0.25) is 0 Å². The molecule has 0 radical (unpaired) electrons. The quantitative estimate of drug-likeness (QED) is 0.784. The van der Waals surface area contributed by atoms with Gasteiger partial charge in [0, 0.05) is 16.1 Å². The van der Waals surface area contributed by atoms with Gasteiger partial charge in [-0.15, -0.1) is 0 Å². The molecular weight excluding hydrogens is 336 g/mol. The molecule has 0 bridgehead atoms. The molecule has 0 spiro atoms. The van der Waals surface area contributed by atoms with E-state index in [0.717, 1.165) is 15.6 Å². The minimum Gasteiger partial charge on any atom is -0.497 e. The molecule has 0 aliphatic heterocycles. The number of benzene rings is 2. The molecule has 5 heteroatoms. The van der Waals surface area contributed by atoms with Crippen LogP contribution in [0.3, 0.4) is 0 Å². The first kappa shape index (κ1) is 15.4. The lowest BCUT2D eigenvalue weighted by molar-refractivity contribution is 0.0601. The van der Waals surface area contributed by atoms with Crippen molar-refractivity contribution in [3.05, 3.63) is 46.4 Å². The zero-order valence-electron chi connectivity index (χ0n) is 12.0. The van der Waals surface area contributed by atoms with E-state index in [-0.39, 0.29) is 0 Å². The lowest BCUT2D eigenvalue weighted by atomic mass is 9.98. The van der Waals surface area contributed by atoms with Crippen molar-refractivity contribution in [2.24, 2.45) is 0 Å². The summed E-state index contributed by atoms with van der Waals surface area (Å²) in [4.78, 5) is 12.0. The predicted molar refractivity (Wildman–Crippen MR) is 84.0 cm³/mol. The lowest BCUT2D eigenvalue weighted by Gasteiger charge is -2.13. The van der Waals surface area contributed by atoms with Crippen LogP contribution in [-0.4, -0.2) is 27.3 Å². The van der Waals surface area contributed by atoms with Crippen molar-refractivity contribution in [2.45, 2.75) is 0 Å². The molecule has 110 valence electrons. The fourth-order valence-electron chi connectivity index (χ4n) is 2.05. The van der Waals surface area contributed by atoms with Crippen LogP contribution in [0, 0.1) is 0 Å². The first-order chi connectivity index (χ1) is 10.1. The molecule has 21 heavy (non-hydrogen) atoms. The van der Waals surface area contributed by atoms with Gasteiger partial charge in [0.25, 0.3) is 0 Å². The Labute approximate surface area is 131 Å². The Morgan fingerprint density at radius 2 is 1.67 bits per heavy atom. The van der Waals surface area contributed by atoms with Crippen molar-refractivity contribution in [1.29, 1.82) is 0 Å². The standard InChI is InChI=1S/C16H15BrO4/c1-19-11-5-7-13(15(9-11)20-2)12-6-4-10(17)8-14(12)16(18)21-3/h4-9H,1-3H3. The molecule has 0 N–H and O–H groups in total. The van der Waals surface area contributed by atoms with E-state index in [1.807, 2.05) is 24.3 Å². The smallest absolute Gasteiger partial charge is 0.338 e. The topological polar surface area (TPSA) is 44.8 Å². The molecule has 0 amide bonds. The van der Waals surface area contributed by atoms with Crippen molar-refractivity contribution in [3.63, 3.8) is 0 Å². The van der Waals surface area contributed by atoms with Crippen molar-refractivity contribution in [2.75, 3.05) is 21.3 Å². The van der Waals surface area contributed by atoms with Crippen molar-refractivity contribution in [1.82, 2.24) is 0 Å². The zero-order chi connectivity index (χ0) is 15.4. The molecule has 2 aromatic rings. The molecule has 0 atom stereocenters. The second-order valence-corrected chi connectivity index (χ2v) is 5.16. The largest absolute Gasteiger partial charge is 0.497 e. The van der Waals surface area contributed by atoms with Gasteiger partial charge in [0.15, 0.2) is 0 Å². The van der Waals surface area contributed by atoms with E-state index in [0.29, 0.717) is 17.1 Å². The Bertz CT molecular complexity index is 667. The van der Waals surface area contributed by atoms with Crippen LogP contribution in [0.2, 0.25) is 0 Å². The van der Waals surface area contributed by atoms with Gasteiger partial charge < -0.3 is 14.2 Å². The van der Waals surface area contributed by atoms with E-state index < -0.39 is 5.97 Å². The SMILES string of the molecule is COC(=O)c1cc(Br)ccc1-c1ccc(OC)cc1OC. The third kappa shape index (κ3) is 3.19. The molecule has 0 saturated carbocycles. The molecule has 4 nitrogen and oxygen atoms in total. The van der Waals surface area contributed by atoms with E-state index in [1.165, 1.54) is 7.11 Å². The lowest BCUT2D eigenvalue weighted by Crippen LogP contribution is -2.04. The second kappa shape index (κ2) is 6.63. The van der Waals surface area contributed by atoms with Crippen LogP contribution < -0.4 is 9.47 Å². The van der Waals surface area contributed by atoms with Crippen molar-refractivity contribution in [3.8, 4) is 22.6 Å². The van der Waals surface area contributed by atoms with Crippen LogP contribution >= 0.6 is 15.9 Å². The van der Waals surface area contributed by atoms with E-state index in [9.17, 15) is 4.79 Å². The summed E-state index contributed by atoms with van der Waals surface area (Å²) in [6.45, 7) is 0. The van der Waals surface area contributed by atoms with Gasteiger partial charge in [0.1, 0.15) is 11.5 Å². The van der Waals surface area contributed by atoms with Crippen LogP contribution in [0.25, 0.3) is 11.1 Å². The molecule has 2 rings (SSSR count). The average molecular weight is 351 g/mol. The Balaban J connectivity index is 2.64. The molecule has 0 aliphatic rings. The number of carbonyl (C=O) groups excluding carboxylic acids is 1. The summed E-state index contributed by atoms with van der Waals surface area (Å²) in [5.41, 5.74) is 2.01. The highest BCUT2D eigenvalue weighted by Crippen LogP contribution is 2.36. The molecule has 0 aliphatic carbocycles. The number of halogens is 1. The number of methoxy groups -OCH3 is 3. The summed E-state index contributed by atoms with van der Waals surface area (Å²) in [7, 11) is 4.53. The minimum atomic E-state index is -0.399. The highest BCUT2D eigenvalue weighted by atomic mass is 79.9. The number of carbonyl (C=O) groups is 1.